The van der Waals surface area contributed by atoms with Crippen molar-refractivity contribution in [2.75, 3.05) is 19.7 Å². The Kier molecular flexibility index (Phi) is 5.35. The Morgan fingerprint density at radius 3 is 2.55 bits per heavy atom. The quantitative estimate of drug-likeness (QED) is 0.659. The number of aliphatic hydroxyl groups excluding tert-OH is 1. The Labute approximate surface area is 119 Å². The van der Waals surface area contributed by atoms with Crippen molar-refractivity contribution < 1.29 is 19.4 Å². The van der Waals surface area contributed by atoms with Crippen LogP contribution < -0.4 is 11.1 Å². The number of carbonyl (C=O) groups is 2. The molecule has 2 unspecified atom stereocenters. The van der Waals surface area contributed by atoms with Gasteiger partial charge in [0.2, 0.25) is 5.91 Å². The molecule has 4 N–H and O–H groups in total. The summed E-state index contributed by atoms with van der Waals surface area (Å²) in [5, 5.41) is 11.7. The van der Waals surface area contributed by atoms with Crippen LogP contribution in [0.25, 0.3) is 0 Å². The Bertz CT molecular complexity index is 371. The van der Waals surface area contributed by atoms with E-state index in [2.05, 4.69) is 5.32 Å². The zero-order valence-electron chi connectivity index (χ0n) is 12.5. The van der Waals surface area contributed by atoms with Crippen molar-refractivity contribution in [1.82, 2.24) is 10.2 Å². The number of carbonyl (C=O) groups excluding carboxylic acids is 2. The van der Waals surface area contributed by atoms with Gasteiger partial charge in [-0.1, -0.05) is 13.8 Å². The second-order valence-corrected chi connectivity index (χ2v) is 6.13. The van der Waals surface area contributed by atoms with Crippen LogP contribution >= 0.6 is 0 Å². The third-order valence-electron chi connectivity index (χ3n) is 3.23. The van der Waals surface area contributed by atoms with E-state index >= 15 is 0 Å². The van der Waals surface area contributed by atoms with Gasteiger partial charge in [0, 0.05) is 13.1 Å². The summed E-state index contributed by atoms with van der Waals surface area (Å²) in [6.07, 6.45) is -0.413. The number of urea groups is 1. The highest BCUT2D eigenvalue weighted by Crippen LogP contribution is 2.22. The Morgan fingerprint density at radius 2 is 2.10 bits per heavy atom. The normalized spacial score (nSPS) is 23.5. The van der Waals surface area contributed by atoms with Crippen LogP contribution in [0.1, 0.15) is 27.7 Å². The fourth-order valence-electron chi connectivity index (χ4n) is 2.42. The number of amides is 3. The van der Waals surface area contributed by atoms with E-state index in [1.807, 2.05) is 27.7 Å². The van der Waals surface area contributed by atoms with Gasteiger partial charge in [-0.05, 0) is 19.8 Å². The highest BCUT2D eigenvalue weighted by molar-refractivity contribution is 5.87. The summed E-state index contributed by atoms with van der Waals surface area (Å²) < 4.78 is 5.67. The molecular formula is C13H25N3O4. The monoisotopic (exact) mass is 287 g/mol. The largest absolute Gasteiger partial charge is 0.394 e. The summed E-state index contributed by atoms with van der Waals surface area (Å²) in [7, 11) is 0. The number of ether oxygens (including phenoxy) is 1. The molecule has 0 saturated carbocycles. The molecule has 1 heterocycles. The smallest absolute Gasteiger partial charge is 0.312 e. The lowest BCUT2D eigenvalue weighted by atomic mass is 9.99. The molecule has 0 aromatic heterocycles. The Balaban J connectivity index is 2.84. The lowest BCUT2D eigenvalue weighted by Gasteiger charge is -2.43. The number of nitrogens with one attached hydrogen (secondary N) is 1. The molecule has 7 nitrogen and oxygen atoms in total. The average molecular weight is 287 g/mol. The maximum absolute atomic E-state index is 12.5. The molecule has 1 aliphatic heterocycles. The second kappa shape index (κ2) is 6.41. The lowest BCUT2D eigenvalue weighted by molar-refractivity contribution is -0.168. The van der Waals surface area contributed by atoms with Gasteiger partial charge in [0.1, 0.15) is 6.04 Å². The number of morpholine rings is 1. The van der Waals surface area contributed by atoms with Crippen LogP contribution in [0.3, 0.4) is 0 Å². The zero-order valence-corrected chi connectivity index (χ0v) is 12.5. The molecule has 2 atom stereocenters. The van der Waals surface area contributed by atoms with Crippen LogP contribution in [-0.2, 0) is 9.53 Å². The number of primary amides is 1. The van der Waals surface area contributed by atoms with Gasteiger partial charge in [0.15, 0.2) is 0 Å². The second-order valence-electron chi connectivity index (χ2n) is 6.13. The van der Waals surface area contributed by atoms with Crippen LogP contribution in [0.5, 0.6) is 0 Å². The summed E-state index contributed by atoms with van der Waals surface area (Å²) in [6, 6.07) is -1.39. The first-order valence-electron chi connectivity index (χ1n) is 6.79. The van der Waals surface area contributed by atoms with Crippen LogP contribution in [0.4, 0.5) is 4.79 Å². The maximum atomic E-state index is 12.5. The van der Waals surface area contributed by atoms with Gasteiger partial charge in [-0.3, -0.25) is 4.79 Å². The third kappa shape index (κ3) is 4.35. The summed E-state index contributed by atoms with van der Waals surface area (Å²) in [5.41, 5.74) is 4.59. The van der Waals surface area contributed by atoms with E-state index in [9.17, 15) is 14.7 Å². The minimum Gasteiger partial charge on any atom is -0.394 e. The topological polar surface area (TPSA) is 105 Å². The summed E-state index contributed by atoms with van der Waals surface area (Å²) in [5.74, 6) is -0.276. The number of hydrogen-bond donors (Lipinski definition) is 3. The van der Waals surface area contributed by atoms with Crippen molar-refractivity contribution in [3.8, 4) is 0 Å². The van der Waals surface area contributed by atoms with E-state index in [0.717, 1.165) is 0 Å². The van der Waals surface area contributed by atoms with Crippen molar-refractivity contribution in [3.05, 3.63) is 0 Å². The minimum atomic E-state index is -0.719. The minimum absolute atomic E-state index is 0.0754. The number of nitrogens with two attached hydrogens (primary N) is 1. The van der Waals surface area contributed by atoms with E-state index in [-0.39, 0.29) is 18.4 Å². The maximum Gasteiger partial charge on any atom is 0.312 e. The van der Waals surface area contributed by atoms with Crippen molar-refractivity contribution >= 4 is 11.9 Å². The van der Waals surface area contributed by atoms with Crippen LogP contribution in [0.2, 0.25) is 0 Å². The molecular weight excluding hydrogens is 262 g/mol. The molecule has 3 amide bonds. The molecule has 20 heavy (non-hydrogen) atoms. The van der Waals surface area contributed by atoms with Gasteiger partial charge in [-0.15, -0.1) is 0 Å². The Hall–Kier alpha value is -1.34. The highest BCUT2D eigenvalue weighted by Gasteiger charge is 2.38. The predicted octanol–water partition coefficient (Wildman–Crippen LogP) is -0.322. The summed E-state index contributed by atoms with van der Waals surface area (Å²) in [4.78, 5) is 25.2. The van der Waals surface area contributed by atoms with Gasteiger partial charge in [-0.2, -0.15) is 0 Å². The van der Waals surface area contributed by atoms with Crippen LogP contribution in [0, 0.1) is 5.92 Å². The van der Waals surface area contributed by atoms with E-state index in [0.29, 0.717) is 13.1 Å². The van der Waals surface area contributed by atoms with Gasteiger partial charge in [-0.25, -0.2) is 4.79 Å². The molecule has 0 radical (unpaired) electrons. The summed E-state index contributed by atoms with van der Waals surface area (Å²) in [6.45, 7) is 7.97. The highest BCUT2D eigenvalue weighted by atomic mass is 16.5. The molecule has 0 spiro atoms. The molecule has 7 heteroatoms. The molecule has 1 rings (SSSR count). The van der Waals surface area contributed by atoms with Crippen molar-refractivity contribution in [2.24, 2.45) is 11.7 Å². The molecule has 1 aliphatic rings. The number of aliphatic hydroxyl groups is 1. The van der Waals surface area contributed by atoms with Gasteiger partial charge >= 0.3 is 6.03 Å². The first kappa shape index (κ1) is 16.7. The van der Waals surface area contributed by atoms with Crippen LogP contribution in [0.15, 0.2) is 0 Å². The lowest BCUT2D eigenvalue weighted by Crippen LogP contribution is -2.60. The molecule has 0 bridgehead atoms. The third-order valence-corrected chi connectivity index (χ3v) is 3.23. The zero-order chi connectivity index (χ0) is 15.5. The summed E-state index contributed by atoms with van der Waals surface area (Å²) >= 11 is 0. The fourth-order valence-corrected chi connectivity index (χ4v) is 2.42. The first-order chi connectivity index (χ1) is 9.16. The van der Waals surface area contributed by atoms with Gasteiger partial charge in [0.05, 0.1) is 18.3 Å². The molecule has 116 valence electrons. The Morgan fingerprint density at radius 1 is 1.50 bits per heavy atom. The molecule has 0 aliphatic carbocycles. The van der Waals surface area contributed by atoms with Crippen molar-refractivity contribution in [3.63, 3.8) is 0 Å². The average Bonchev–Trinajstić information content (AvgIpc) is 2.32. The van der Waals surface area contributed by atoms with Gasteiger partial charge < -0.3 is 25.8 Å². The van der Waals surface area contributed by atoms with E-state index in [4.69, 9.17) is 10.5 Å². The number of nitrogens with zero attached hydrogens (tertiary/aromatic N) is 1. The first-order valence-corrected chi connectivity index (χ1v) is 6.79. The molecule has 1 saturated heterocycles. The molecule has 0 aromatic carbocycles. The SMILES string of the molecule is CC(C)C(NC(N)=O)C(=O)N1CC(CO)OC(C)(C)C1. The number of rotatable bonds is 4. The standard InChI is InChI=1S/C13H25N3O4/c1-8(2)10(15-12(14)19)11(18)16-5-9(6-17)20-13(3,4)7-16/h8-10,17H,5-7H2,1-4H3,(H3,14,15,19). The van der Waals surface area contributed by atoms with Crippen LogP contribution in [-0.4, -0.2) is 59.4 Å². The van der Waals surface area contributed by atoms with Gasteiger partial charge in [0.25, 0.3) is 0 Å². The van der Waals surface area contributed by atoms with Crippen molar-refractivity contribution in [1.29, 1.82) is 0 Å². The van der Waals surface area contributed by atoms with E-state index in [1.54, 1.807) is 4.90 Å². The van der Waals surface area contributed by atoms with E-state index in [1.165, 1.54) is 0 Å². The number of hydrogen-bond acceptors (Lipinski definition) is 4. The van der Waals surface area contributed by atoms with Crippen molar-refractivity contribution in [2.45, 2.75) is 45.4 Å². The molecule has 0 aromatic rings. The fraction of sp³-hybridized carbons (Fsp3) is 0.846. The molecule has 1 fully saturated rings. The predicted molar refractivity (Wildman–Crippen MR) is 74.0 cm³/mol. The van der Waals surface area contributed by atoms with E-state index < -0.39 is 23.8 Å².